The Kier molecular flexibility index (Phi) is 3.01. The second-order valence-electron chi connectivity index (χ2n) is 3.79. The summed E-state index contributed by atoms with van der Waals surface area (Å²) in [6.07, 6.45) is 3.55. The summed E-state index contributed by atoms with van der Waals surface area (Å²) in [5, 5.41) is 4.39. The summed E-state index contributed by atoms with van der Waals surface area (Å²) >= 11 is 0. The molecule has 84 valence electrons. The fourth-order valence-electron chi connectivity index (χ4n) is 1.80. The van der Waals surface area contributed by atoms with E-state index in [1.54, 1.807) is 12.4 Å². The molecule has 0 aromatic carbocycles. The van der Waals surface area contributed by atoms with Crippen LogP contribution >= 0.6 is 0 Å². The van der Waals surface area contributed by atoms with Crippen LogP contribution in [0.2, 0.25) is 0 Å². The molecule has 2 heterocycles. The molecule has 0 aliphatic heterocycles. The highest BCUT2D eigenvalue weighted by Gasteiger charge is 2.14. The van der Waals surface area contributed by atoms with Crippen LogP contribution in [0.1, 0.15) is 29.9 Å². The van der Waals surface area contributed by atoms with Gasteiger partial charge in [0.05, 0.1) is 17.4 Å². The molecule has 1 unspecified atom stereocenters. The molecular formula is C12H16N4. The van der Waals surface area contributed by atoms with Crippen LogP contribution in [0.15, 0.2) is 30.6 Å². The van der Waals surface area contributed by atoms with E-state index in [9.17, 15) is 0 Å². The van der Waals surface area contributed by atoms with Gasteiger partial charge in [0.1, 0.15) is 0 Å². The molecule has 0 saturated carbocycles. The number of aromatic nitrogens is 3. The standard InChI is InChI=1S/C12H16N4/c1-3-16-11(7-9(2)15-16)12(13)10-5-4-6-14-8-10/h4-8,12H,3,13H2,1-2H3. The Bertz CT molecular complexity index is 461. The highest BCUT2D eigenvalue weighted by atomic mass is 15.3. The molecule has 4 nitrogen and oxygen atoms in total. The van der Waals surface area contributed by atoms with Gasteiger partial charge in [0.25, 0.3) is 0 Å². The minimum atomic E-state index is -0.158. The van der Waals surface area contributed by atoms with Crippen molar-refractivity contribution in [3.05, 3.63) is 47.5 Å². The van der Waals surface area contributed by atoms with Crippen LogP contribution in [0.5, 0.6) is 0 Å². The van der Waals surface area contributed by atoms with Gasteiger partial charge >= 0.3 is 0 Å². The fraction of sp³-hybridized carbons (Fsp3) is 0.333. The second kappa shape index (κ2) is 4.45. The molecule has 0 amide bonds. The molecule has 0 saturated heterocycles. The van der Waals surface area contributed by atoms with Crippen LogP contribution in [0.3, 0.4) is 0 Å². The molecule has 1 atom stereocenters. The maximum atomic E-state index is 6.21. The van der Waals surface area contributed by atoms with Crippen molar-refractivity contribution in [1.29, 1.82) is 0 Å². The zero-order valence-electron chi connectivity index (χ0n) is 9.59. The lowest BCUT2D eigenvalue weighted by molar-refractivity contribution is 0.597. The summed E-state index contributed by atoms with van der Waals surface area (Å²) in [4.78, 5) is 4.08. The molecule has 0 aliphatic carbocycles. The predicted octanol–water partition coefficient (Wildman–Crippen LogP) is 1.65. The molecular weight excluding hydrogens is 200 g/mol. The monoisotopic (exact) mass is 216 g/mol. The van der Waals surface area contributed by atoms with E-state index in [0.717, 1.165) is 23.5 Å². The van der Waals surface area contributed by atoms with Crippen LogP contribution in [-0.4, -0.2) is 14.8 Å². The van der Waals surface area contributed by atoms with Gasteiger partial charge in [-0.2, -0.15) is 5.10 Å². The van der Waals surface area contributed by atoms with Crippen LogP contribution in [0.4, 0.5) is 0 Å². The van der Waals surface area contributed by atoms with E-state index >= 15 is 0 Å². The van der Waals surface area contributed by atoms with Crippen LogP contribution in [0.25, 0.3) is 0 Å². The maximum absolute atomic E-state index is 6.21. The van der Waals surface area contributed by atoms with Crippen LogP contribution < -0.4 is 5.73 Å². The van der Waals surface area contributed by atoms with Crippen molar-refractivity contribution in [2.75, 3.05) is 0 Å². The Morgan fingerprint density at radius 1 is 1.50 bits per heavy atom. The first-order chi connectivity index (χ1) is 7.72. The molecule has 0 spiro atoms. The zero-order chi connectivity index (χ0) is 11.5. The Hall–Kier alpha value is -1.68. The van der Waals surface area contributed by atoms with Gasteiger partial charge < -0.3 is 5.73 Å². The molecule has 2 aromatic rings. The normalized spacial score (nSPS) is 12.7. The molecule has 2 N–H and O–H groups in total. The summed E-state index contributed by atoms with van der Waals surface area (Å²) < 4.78 is 1.94. The van der Waals surface area contributed by atoms with E-state index in [2.05, 4.69) is 17.0 Å². The molecule has 0 fully saturated rings. The minimum Gasteiger partial charge on any atom is -0.319 e. The molecule has 2 aromatic heterocycles. The Balaban J connectivity index is 2.37. The van der Waals surface area contributed by atoms with Gasteiger partial charge in [0.15, 0.2) is 0 Å². The summed E-state index contributed by atoms with van der Waals surface area (Å²) in [5.74, 6) is 0. The van der Waals surface area contributed by atoms with Crippen molar-refractivity contribution in [3.8, 4) is 0 Å². The largest absolute Gasteiger partial charge is 0.319 e. The summed E-state index contributed by atoms with van der Waals surface area (Å²) in [7, 11) is 0. The second-order valence-corrected chi connectivity index (χ2v) is 3.79. The third-order valence-electron chi connectivity index (χ3n) is 2.59. The number of rotatable bonds is 3. The van der Waals surface area contributed by atoms with Gasteiger partial charge in [-0.05, 0) is 31.5 Å². The molecule has 16 heavy (non-hydrogen) atoms. The average molecular weight is 216 g/mol. The number of aryl methyl sites for hydroxylation is 2. The van der Waals surface area contributed by atoms with Crippen LogP contribution in [-0.2, 0) is 6.54 Å². The van der Waals surface area contributed by atoms with Crippen molar-refractivity contribution in [1.82, 2.24) is 14.8 Å². The van der Waals surface area contributed by atoms with Crippen LogP contribution in [0, 0.1) is 6.92 Å². The van der Waals surface area contributed by atoms with Crippen molar-refractivity contribution >= 4 is 0 Å². The summed E-state index contributed by atoms with van der Waals surface area (Å²) in [5.41, 5.74) is 9.25. The smallest absolute Gasteiger partial charge is 0.0738 e. The van der Waals surface area contributed by atoms with Gasteiger partial charge in [-0.15, -0.1) is 0 Å². The third kappa shape index (κ3) is 1.97. The van der Waals surface area contributed by atoms with Crippen molar-refractivity contribution in [2.45, 2.75) is 26.4 Å². The quantitative estimate of drug-likeness (QED) is 0.848. The number of hydrogen-bond acceptors (Lipinski definition) is 3. The molecule has 4 heteroatoms. The minimum absolute atomic E-state index is 0.158. The summed E-state index contributed by atoms with van der Waals surface area (Å²) in [6, 6.07) is 5.76. The van der Waals surface area contributed by atoms with Crippen molar-refractivity contribution in [2.24, 2.45) is 5.73 Å². The first-order valence-electron chi connectivity index (χ1n) is 5.42. The van der Waals surface area contributed by atoms with Gasteiger partial charge in [0, 0.05) is 18.9 Å². The van der Waals surface area contributed by atoms with Gasteiger partial charge in [-0.1, -0.05) is 6.07 Å². The molecule has 2 rings (SSSR count). The lowest BCUT2D eigenvalue weighted by Gasteiger charge is -2.12. The predicted molar refractivity (Wildman–Crippen MR) is 62.9 cm³/mol. The lowest BCUT2D eigenvalue weighted by Crippen LogP contribution is -2.17. The number of hydrogen-bond donors (Lipinski definition) is 1. The molecule has 0 bridgehead atoms. The Labute approximate surface area is 95.1 Å². The van der Waals surface area contributed by atoms with Gasteiger partial charge in [-0.25, -0.2) is 0 Å². The third-order valence-corrected chi connectivity index (χ3v) is 2.59. The number of pyridine rings is 1. The Morgan fingerprint density at radius 3 is 2.94 bits per heavy atom. The SMILES string of the molecule is CCn1nc(C)cc1C(N)c1cccnc1. The summed E-state index contributed by atoms with van der Waals surface area (Å²) in [6.45, 7) is 4.87. The van der Waals surface area contributed by atoms with Gasteiger partial charge in [-0.3, -0.25) is 9.67 Å². The van der Waals surface area contributed by atoms with Crippen molar-refractivity contribution in [3.63, 3.8) is 0 Å². The average Bonchev–Trinajstić information content (AvgIpc) is 2.70. The van der Waals surface area contributed by atoms with Gasteiger partial charge in [0.2, 0.25) is 0 Å². The molecule has 0 radical (unpaired) electrons. The topological polar surface area (TPSA) is 56.7 Å². The van der Waals surface area contributed by atoms with E-state index in [0.29, 0.717) is 0 Å². The highest BCUT2D eigenvalue weighted by Crippen LogP contribution is 2.19. The van der Waals surface area contributed by atoms with E-state index in [-0.39, 0.29) is 6.04 Å². The zero-order valence-corrected chi connectivity index (χ0v) is 9.59. The highest BCUT2D eigenvalue weighted by molar-refractivity contribution is 5.25. The fourth-order valence-corrected chi connectivity index (χ4v) is 1.80. The Morgan fingerprint density at radius 2 is 2.31 bits per heavy atom. The van der Waals surface area contributed by atoms with E-state index in [1.165, 1.54) is 0 Å². The van der Waals surface area contributed by atoms with E-state index < -0.39 is 0 Å². The first-order valence-corrected chi connectivity index (χ1v) is 5.42. The van der Waals surface area contributed by atoms with E-state index in [1.807, 2.05) is 29.8 Å². The van der Waals surface area contributed by atoms with E-state index in [4.69, 9.17) is 5.73 Å². The number of nitrogens with zero attached hydrogens (tertiary/aromatic N) is 3. The molecule has 0 aliphatic rings. The maximum Gasteiger partial charge on any atom is 0.0738 e. The number of nitrogens with two attached hydrogens (primary N) is 1. The first kappa shape index (κ1) is 10.8. The lowest BCUT2D eigenvalue weighted by atomic mass is 10.1. The van der Waals surface area contributed by atoms with Crippen molar-refractivity contribution < 1.29 is 0 Å².